The highest BCUT2D eigenvalue weighted by atomic mass is 16.3. The van der Waals surface area contributed by atoms with Crippen LogP contribution in [0.25, 0.3) is 0 Å². The van der Waals surface area contributed by atoms with Crippen molar-refractivity contribution in [2.75, 3.05) is 0 Å². The van der Waals surface area contributed by atoms with Crippen LogP contribution in [0.15, 0.2) is 60.2 Å². The molecule has 0 saturated heterocycles. The van der Waals surface area contributed by atoms with Crippen molar-refractivity contribution in [2.45, 2.75) is 83.5 Å². The summed E-state index contributed by atoms with van der Waals surface area (Å²) in [5.74, 6) is 0.645. The topological polar surface area (TPSA) is 60.7 Å². The van der Waals surface area contributed by atoms with E-state index in [0.29, 0.717) is 24.3 Å². The second kappa shape index (κ2) is 10.9. The second-order valence-corrected chi connectivity index (χ2v) is 9.06. The first kappa shape index (κ1) is 23.6. The molecule has 1 aromatic rings. The van der Waals surface area contributed by atoms with Gasteiger partial charge >= 0.3 is 0 Å². The van der Waals surface area contributed by atoms with Gasteiger partial charge < -0.3 is 15.3 Å². The lowest BCUT2D eigenvalue weighted by molar-refractivity contribution is 0.0775. The maximum absolute atomic E-state index is 10.4. The summed E-state index contributed by atoms with van der Waals surface area (Å²) < 4.78 is 0. The zero-order chi connectivity index (χ0) is 21.4. The van der Waals surface area contributed by atoms with Gasteiger partial charge in [-0.25, -0.2) is 0 Å². The molecule has 3 atom stereocenters. The molecular formula is C26H38O3. The third-order valence-corrected chi connectivity index (χ3v) is 5.89. The van der Waals surface area contributed by atoms with E-state index in [4.69, 9.17) is 0 Å². The van der Waals surface area contributed by atoms with Crippen LogP contribution in [0.3, 0.4) is 0 Å². The van der Waals surface area contributed by atoms with Gasteiger partial charge in [0.1, 0.15) is 0 Å². The average Bonchev–Trinajstić information content (AvgIpc) is 2.66. The molecule has 0 bridgehead atoms. The highest BCUT2D eigenvalue weighted by Gasteiger charge is 2.25. The van der Waals surface area contributed by atoms with Crippen molar-refractivity contribution >= 4 is 0 Å². The zero-order valence-corrected chi connectivity index (χ0v) is 18.3. The Morgan fingerprint density at radius 3 is 2.45 bits per heavy atom. The third-order valence-electron chi connectivity index (χ3n) is 5.89. The van der Waals surface area contributed by atoms with Crippen LogP contribution >= 0.6 is 0 Å². The molecule has 2 rings (SSSR count). The van der Waals surface area contributed by atoms with E-state index in [1.165, 1.54) is 12.0 Å². The van der Waals surface area contributed by atoms with E-state index in [0.717, 1.165) is 36.8 Å². The molecule has 0 radical (unpaired) electrons. The van der Waals surface area contributed by atoms with Gasteiger partial charge in [0, 0.05) is 0 Å². The maximum Gasteiger partial charge on any atom is 0.0843 e. The number of aliphatic hydroxyl groups is 3. The van der Waals surface area contributed by atoms with Crippen LogP contribution in [0.1, 0.15) is 70.4 Å². The molecule has 1 aliphatic carbocycles. The summed E-state index contributed by atoms with van der Waals surface area (Å²) in [7, 11) is 0. The van der Waals surface area contributed by atoms with Crippen LogP contribution in [0.4, 0.5) is 0 Å². The van der Waals surface area contributed by atoms with E-state index < -0.39 is 17.8 Å². The van der Waals surface area contributed by atoms with E-state index in [2.05, 4.69) is 31.7 Å². The lowest BCUT2D eigenvalue weighted by atomic mass is 9.86. The first-order valence-corrected chi connectivity index (χ1v) is 10.9. The molecule has 3 nitrogen and oxygen atoms in total. The second-order valence-electron chi connectivity index (χ2n) is 9.06. The molecular weight excluding hydrogens is 360 g/mol. The fourth-order valence-corrected chi connectivity index (χ4v) is 3.97. The van der Waals surface area contributed by atoms with E-state index >= 15 is 0 Å². The minimum absolute atomic E-state index is 0.533. The zero-order valence-electron chi connectivity index (χ0n) is 18.3. The number of hydrogen-bond acceptors (Lipinski definition) is 3. The van der Waals surface area contributed by atoms with Crippen molar-refractivity contribution in [2.24, 2.45) is 5.92 Å². The molecule has 0 spiro atoms. The summed E-state index contributed by atoms with van der Waals surface area (Å²) in [6.45, 7) is 9.74. The van der Waals surface area contributed by atoms with Crippen molar-refractivity contribution in [3.05, 3.63) is 71.3 Å². The van der Waals surface area contributed by atoms with Gasteiger partial charge in [0.05, 0.1) is 17.8 Å². The Labute approximate surface area is 176 Å². The van der Waals surface area contributed by atoms with Crippen LogP contribution in [-0.4, -0.2) is 27.5 Å². The molecule has 1 saturated carbocycles. The fourth-order valence-electron chi connectivity index (χ4n) is 3.97. The normalized spacial score (nSPS) is 23.1. The molecule has 3 N–H and O–H groups in total. The Balaban J connectivity index is 1.70. The molecule has 0 aromatic heterocycles. The Kier molecular flexibility index (Phi) is 8.88. The number of unbranched alkanes of at least 4 members (excludes halogenated alkanes) is 1. The van der Waals surface area contributed by atoms with Gasteiger partial charge in [0.2, 0.25) is 0 Å². The molecule has 160 valence electrons. The number of aliphatic hydroxyl groups excluding tert-OH is 2. The number of allylic oxidation sites excluding steroid dienone is 3. The monoisotopic (exact) mass is 398 g/mol. The molecule has 0 unspecified atom stereocenters. The van der Waals surface area contributed by atoms with Crippen LogP contribution in [-0.2, 0) is 12.0 Å². The van der Waals surface area contributed by atoms with Gasteiger partial charge in [-0.15, -0.1) is 0 Å². The van der Waals surface area contributed by atoms with Crippen molar-refractivity contribution in [1.29, 1.82) is 0 Å². The van der Waals surface area contributed by atoms with E-state index in [1.54, 1.807) is 0 Å². The Morgan fingerprint density at radius 2 is 1.79 bits per heavy atom. The summed E-state index contributed by atoms with van der Waals surface area (Å²) in [5, 5.41) is 30.1. The third kappa shape index (κ3) is 7.58. The smallest absolute Gasteiger partial charge is 0.0843 e. The molecule has 3 heteroatoms. The van der Waals surface area contributed by atoms with Gasteiger partial charge in [-0.1, -0.05) is 68.0 Å². The number of aryl methyl sites for hydroxylation is 1. The lowest BCUT2D eigenvalue weighted by Gasteiger charge is -2.27. The summed E-state index contributed by atoms with van der Waals surface area (Å²) in [5.41, 5.74) is 3.09. The summed E-state index contributed by atoms with van der Waals surface area (Å²) in [6.07, 6.45) is 11.6. The SMILES string of the molecule is C=C1[C@H](O)C/C(=C\C=C\CCC[C@@H](C)CCc2ccccc2C(C)(C)O)C[C@@H]1O. The molecule has 0 amide bonds. The average molecular weight is 399 g/mol. The fraction of sp³-hybridized carbons (Fsp3) is 0.538. The molecule has 0 aliphatic heterocycles. The minimum atomic E-state index is -0.795. The first-order chi connectivity index (χ1) is 13.7. The van der Waals surface area contributed by atoms with Crippen molar-refractivity contribution in [1.82, 2.24) is 0 Å². The lowest BCUT2D eigenvalue weighted by Crippen LogP contribution is -2.27. The van der Waals surface area contributed by atoms with Crippen LogP contribution in [0.5, 0.6) is 0 Å². The van der Waals surface area contributed by atoms with E-state index in [-0.39, 0.29) is 0 Å². The van der Waals surface area contributed by atoms with Gasteiger partial charge in [-0.3, -0.25) is 0 Å². The first-order valence-electron chi connectivity index (χ1n) is 10.9. The Morgan fingerprint density at radius 1 is 1.14 bits per heavy atom. The van der Waals surface area contributed by atoms with Crippen LogP contribution < -0.4 is 0 Å². The van der Waals surface area contributed by atoms with Crippen LogP contribution in [0.2, 0.25) is 0 Å². The molecule has 29 heavy (non-hydrogen) atoms. The highest BCUT2D eigenvalue weighted by Crippen LogP contribution is 2.28. The molecule has 1 aliphatic rings. The van der Waals surface area contributed by atoms with Gasteiger partial charge in [-0.05, 0) is 75.0 Å². The van der Waals surface area contributed by atoms with Crippen molar-refractivity contribution in [3.8, 4) is 0 Å². The predicted molar refractivity (Wildman–Crippen MR) is 121 cm³/mol. The minimum Gasteiger partial charge on any atom is -0.388 e. The maximum atomic E-state index is 10.4. The summed E-state index contributed by atoms with van der Waals surface area (Å²) in [4.78, 5) is 0. The van der Waals surface area contributed by atoms with Gasteiger partial charge in [0.15, 0.2) is 0 Å². The van der Waals surface area contributed by atoms with Crippen molar-refractivity contribution < 1.29 is 15.3 Å². The van der Waals surface area contributed by atoms with E-state index in [1.807, 2.05) is 38.1 Å². The van der Waals surface area contributed by atoms with Gasteiger partial charge in [-0.2, -0.15) is 0 Å². The Hall–Kier alpha value is -1.68. The van der Waals surface area contributed by atoms with Gasteiger partial charge in [0.25, 0.3) is 0 Å². The Bertz CT molecular complexity index is 708. The summed E-state index contributed by atoms with van der Waals surface area (Å²) in [6, 6.07) is 8.20. The number of rotatable bonds is 9. The number of hydrogen-bond donors (Lipinski definition) is 3. The predicted octanol–water partition coefficient (Wildman–Crippen LogP) is 5.21. The molecule has 0 heterocycles. The quantitative estimate of drug-likeness (QED) is 0.395. The van der Waals surface area contributed by atoms with E-state index in [9.17, 15) is 15.3 Å². The van der Waals surface area contributed by atoms with Crippen LogP contribution in [0, 0.1) is 5.92 Å². The summed E-state index contributed by atoms with van der Waals surface area (Å²) >= 11 is 0. The highest BCUT2D eigenvalue weighted by molar-refractivity contribution is 5.31. The molecule has 1 aromatic carbocycles. The largest absolute Gasteiger partial charge is 0.388 e. The molecule has 1 fully saturated rings. The number of benzene rings is 1. The van der Waals surface area contributed by atoms with Crippen molar-refractivity contribution in [3.63, 3.8) is 0 Å². The standard InChI is InChI=1S/C26H38O3/c1-19(15-16-22-13-9-10-14-23(22)26(3,4)29)11-7-5-6-8-12-21-17-24(27)20(2)25(28)18-21/h6,8-10,12-14,19,24-25,27-29H,2,5,7,11,15-18H2,1,3-4H3/b8-6+,21-12-/t19-,24+,25-/m1/s1.